The molecular formula is C13H22N4OS. The van der Waals surface area contributed by atoms with Crippen molar-refractivity contribution < 1.29 is 4.79 Å². The van der Waals surface area contributed by atoms with Crippen LogP contribution >= 0.6 is 12.2 Å². The largest absolute Gasteiger partial charge is 0.392 e. The number of rotatable bonds is 7. The average Bonchev–Trinajstić information content (AvgIpc) is 2.81. The summed E-state index contributed by atoms with van der Waals surface area (Å²) in [7, 11) is 0. The Balaban J connectivity index is 2.87. The van der Waals surface area contributed by atoms with Crippen molar-refractivity contribution in [2.75, 3.05) is 0 Å². The summed E-state index contributed by atoms with van der Waals surface area (Å²) in [6, 6.07) is 1.57. The molecule has 6 heteroatoms. The van der Waals surface area contributed by atoms with Gasteiger partial charge in [0.25, 0.3) is 5.91 Å². The Kier molecular flexibility index (Phi) is 5.95. The van der Waals surface area contributed by atoms with Crippen molar-refractivity contribution in [2.24, 2.45) is 5.73 Å². The highest BCUT2D eigenvalue weighted by atomic mass is 32.1. The second kappa shape index (κ2) is 7.23. The Morgan fingerprint density at radius 2 is 2.21 bits per heavy atom. The van der Waals surface area contributed by atoms with Crippen LogP contribution < -0.4 is 11.1 Å². The van der Waals surface area contributed by atoms with Gasteiger partial charge in [0, 0.05) is 6.54 Å². The molecule has 0 aliphatic carbocycles. The van der Waals surface area contributed by atoms with Gasteiger partial charge in [-0.2, -0.15) is 5.10 Å². The van der Waals surface area contributed by atoms with Crippen molar-refractivity contribution in [3.8, 4) is 0 Å². The SMILES string of the molecule is CCCC(NC(=O)c1cc(CC)nn1CC)C(N)=S. The van der Waals surface area contributed by atoms with Crippen LogP contribution in [0, 0.1) is 0 Å². The Morgan fingerprint density at radius 3 is 2.68 bits per heavy atom. The zero-order chi connectivity index (χ0) is 14.4. The number of nitrogens with zero attached hydrogens (tertiary/aromatic N) is 2. The predicted octanol–water partition coefficient (Wildman–Crippen LogP) is 1.65. The van der Waals surface area contributed by atoms with Gasteiger partial charge in [0.2, 0.25) is 0 Å². The van der Waals surface area contributed by atoms with Gasteiger partial charge >= 0.3 is 0 Å². The molecule has 19 heavy (non-hydrogen) atoms. The second-order valence-electron chi connectivity index (χ2n) is 4.41. The highest BCUT2D eigenvalue weighted by Crippen LogP contribution is 2.07. The number of carbonyl (C=O) groups is 1. The molecule has 0 spiro atoms. The third-order valence-electron chi connectivity index (χ3n) is 2.95. The molecule has 0 aromatic carbocycles. The average molecular weight is 282 g/mol. The zero-order valence-corrected chi connectivity index (χ0v) is 12.6. The summed E-state index contributed by atoms with van der Waals surface area (Å²) in [5.74, 6) is -0.166. The van der Waals surface area contributed by atoms with Gasteiger partial charge in [-0.05, 0) is 25.8 Å². The van der Waals surface area contributed by atoms with E-state index in [0.717, 1.165) is 25.0 Å². The summed E-state index contributed by atoms with van der Waals surface area (Å²) in [4.78, 5) is 12.6. The summed E-state index contributed by atoms with van der Waals surface area (Å²) in [6.07, 6.45) is 2.47. The van der Waals surface area contributed by atoms with Crippen LogP contribution in [0.2, 0.25) is 0 Å². The smallest absolute Gasteiger partial charge is 0.270 e. The topological polar surface area (TPSA) is 72.9 Å². The maximum Gasteiger partial charge on any atom is 0.270 e. The number of nitrogens with one attached hydrogen (secondary N) is 1. The Labute approximate surface area is 119 Å². The molecule has 0 bridgehead atoms. The predicted molar refractivity (Wildman–Crippen MR) is 80.2 cm³/mol. The number of carbonyl (C=O) groups excluding carboxylic acids is 1. The zero-order valence-electron chi connectivity index (χ0n) is 11.8. The van der Waals surface area contributed by atoms with Crippen molar-refractivity contribution in [3.05, 3.63) is 17.5 Å². The first-order valence-corrected chi connectivity index (χ1v) is 7.11. The van der Waals surface area contributed by atoms with Crippen molar-refractivity contribution in [1.82, 2.24) is 15.1 Å². The lowest BCUT2D eigenvalue weighted by Crippen LogP contribution is -2.44. The minimum absolute atomic E-state index is 0.166. The summed E-state index contributed by atoms with van der Waals surface area (Å²) in [6.45, 7) is 6.66. The van der Waals surface area contributed by atoms with Crippen LogP contribution in [0.3, 0.4) is 0 Å². The molecule has 1 amide bonds. The molecule has 1 atom stereocenters. The summed E-state index contributed by atoms with van der Waals surface area (Å²) < 4.78 is 1.71. The highest BCUT2D eigenvalue weighted by molar-refractivity contribution is 7.80. The lowest BCUT2D eigenvalue weighted by molar-refractivity contribution is 0.0935. The number of hydrogen-bond donors (Lipinski definition) is 2. The summed E-state index contributed by atoms with van der Waals surface area (Å²) in [5.41, 5.74) is 7.12. The van der Waals surface area contributed by atoms with Gasteiger partial charge in [0.15, 0.2) is 0 Å². The van der Waals surface area contributed by atoms with Crippen molar-refractivity contribution >= 4 is 23.1 Å². The molecule has 0 saturated heterocycles. The van der Waals surface area contributed by atoms with Gasteiger partial charge in [0.05, 0.1) is 16.7 Å². The normalized spacial score (nSPS) is 12.2. The number of aromatic nitrogens is 2. The van der Waals surface area contributed by atoms with E-state index in [-0.39, 0.29) is 11.9 Å². The van der Waals surface area contributed by atoms with Crippen molar-refractivity contribution in [3.63, 3.8) is 0 Å². The molecule has 1 heterocycles. The van der Waals surface area contributed by atoms with Gasteiger partial charge in [-0.1, -0.05) is 32.5 Å². The van der Waals surface area contributed by atoms with Crippen molar-refractivity contribution in [2.45, 2.75) is 52.6 Å². The maximum absolute atomic E-state index is 12.3. The summed E-state index contributed by atoms with van der Waals surface area (Å²) in [5, 5.41) is 7.24. The number of amides is 1. The number of hydrogen-bond acceptors (Lipinski definition) is 3. The van der Waals surface area contributed by atoms with Crippen LogP contribution in [0.1, 0.15) is 49.8 Å². The van der Waals surface area contributed by atoms with Gasteiger partial charge < -0.3 is 11.1 Å². The van der Waals surface area contributed by atoms with Crippen LogP contribution in [0.25, 0.3) is 0 Å². The fourth-order valence-corrected chi connectivity index (χ4v) is 2.05. The first-order valence-electron chi connectivity index (χ1n) is 6.70. The van der Waals surface area contributed by atoms with E-state index in [1.165, 1.54) is 0 Å². The first-order chi connectivity index (χ1) is 9.03. The number of aryl methyl sites for hydroxylation is 2. The van der Waals surface area contributed by atoms with E-state index in [4.69, 9.17) is 18.0 Å². The highest BCUT2D eigenvalue weighted by Gasteiger charge is 2.19. The molecular weight excluding hydrogens is 260 g/mol. The Bertz CT molecular complexity index is 455. The van der Waals surface area contributed by atoms with E-state index in [0.29, 0.717) is 17.2 Å². The molecule has 0 saturated carbocycles. The van der Waals surface area contributed by atoms with Gasteiger partial charge in [-0.3, -0.25) is 9.48 Å². The monoisotopic (exact) mass is 282 g/mol. The Hall–Kier alpha value is -1.43. The minimum Gasteiger partial charge on any atom is -0.392 e. The van der Waals surface area contributed by atoms with Gasteiger partial charge in [-0.15, -0.1) is 0 Å². The molecule has 0 aliphatic rings. The van der Waals surface area contributed by atoms with E-state index in [9.17, 15) is 4.79 Å². The number of nitrogens with two attached hydrogens (primary N) is 1. The van der Waals surface area contributed by atoms with Crippen LogP contribution in [0.15, 0.2) is 6.07 Å². The van der Waals surface area contributed by atoms with Crippen molar-refractivity contribution in [1.29, 1.82) is 0 Å². The standard InChI is InChI=1S/C13H22N4OS/c1-4-7-10(12(14)19)15-13(18)11-8-9(5-2)16-17(11)6-3/h8,10H,4-7H2,1-3H3,(H2,14,19)(H,15,18). The fourth-order valence-electron chi connectivity index (χ4n) is 1.87. The molecule has 3 N–H and O–H groups in total. The molecule has 106 valence electrons. The minimum atomic E-state index is -0.252. The van der Waals surface area contributed by atoms with E-state index < -0.39 is 0 Å². The van der Waals surface area contributed by atoms with E-state index >= 15 is 0 Å². The van der Waals surface area contributed by atoms with E-state index in [2.05, 4.69) is 10.4 Å². The maximum atomic E-state index is 12.3. The molecule has 5 nitrogen and oxygen atoms in total. The quantitative estimate of drug-likeness (QED) is 0.746. The van der Waals surface area contributed by atoms with E-state index in [1.807, 2.05) is 26.8 Å². The van der Waals surface area contributed by atoms with Crippen LogP contribution in [-0.4, -0.2) is 26.7 Å². The van der Waals surface area contributed by atoms with Crippen LogP contribution in [0.5, 0.6) is 0 Å². The molecule has 1 rings (SSSR count). The van der Waals surface area contributed by atoms with Gasteiger partial charge in [-0.25, -0.2) is 0 Å². The van der Waals surface area contributed by atoms with E-state index in [1.54, 1.807) is 4.68 Å². The third-order valence-corrected chi connectivity index (χ3v) is 3.24. The van der Waals surface area contributed by atoms with Crippen LogP contribution in [0.4, 0.5) is 0 Å². The molecule has 0 fully saturated rings. The summed E-state index contributed by atoms with van der Waals surface area (Å²) >= 11 is 4.98. The third kappa shape index (κ3) is 4.02. The lowest BCUT2D eigenvalue weighted by Gasteiger charge is -2.16. The van der Waals surface area contributed by atoms with Gasteiger partial charge in [0.1, 0.15) is 5.69 Å². The molecule has 1 aromatic heterocycles. The molecule has 1 unspecified atom stereocenters. The Morgan fingerprint density at radius 1 is 1.53 bits per heavy atom. The number of thiocarbonyl (C=S) groups is 1. The molecule has 0 aliphatic heterocycles. The molecule has 1 aromatic rings. The lowest BCUT2D eigenvalue weighted by atomic mass is 10.1. The molecule has 0 radical (unpaired) electrons. The van der Waals surface area contributed by atoms with Crippen LogP contribution in [-0.2, 0) is 13.0 Å². The second-order valence-corrected chi connectivity index (χ2v) is 4.88. The first kappa shape index (κ1) is 15.6. The fraction of sp³-hybridized carbons (Fsp3) is 0.615.